The fourth-order valence-corrected chi connectivity index (χ4v) is 2.54. The van der Waals surface area contributed by atoms with Crippen LogP contribution in [0.25, 0.3) is 0 Å². The number of rotatable bonds is 4. The number of hydrogen-bond acceptors (Lipinski definition) is 1. The van der Waals surface area contributed by atoms with Crippen LogP contribution in [0.2, 0.25) is 0 Å². The molecule has 1 heteroatoms. The Morgan fingerprint density at radius 2 is 1.94 bits per heavy atom. The summed E-state index contributed by atoms with van der Waals surface area (Å²) < 4.78 is 0. The summed E-state index contributed by atoms with van der Waals surface area (Å²) in [7, 11) is 1.87. The molecular weight excluding hydrogens is 218 g/mol. The molecule has 0 heterocycles. The lowest BCUT2D eigenvalue weighted by Crippen LogP contribution is -2.21. The quantitative estimate of drug-likeness (QED) is 0.504. The van der Waals surface area contributed by atoms with E-state index in [0.717, 1.165) is 0 Å². The Kier molecular flexibility index (Phi) is 5.13. The van der Waals surface area contributed by atoms with Crippen LogP contribution < -0.4 is 0 Å². The van der Waals surface area contributed by atoms with Gasteiger partial charge in [0.2, 0.25) is 0 Å². The molecule has 1 aliphatic rings. The summed E-state index contributed by atoms with van der Waals surface area (Å²) >= 11 is 0. The van der Waals surface area contributed by atoms with Crippen molar-refractivity contribution in [3.8, 4) is 0 Å². The molecule has 100 valence electrons. The smallest absolute Gasteiger partial charge is 0.0276 e. The minimum atomic E-state index is 0.426. The molecular formula is C17H27N. The molecule has 18 heavy (non-hydrogen) atoms. The summed E-state index contributed by atoms with van der Waals surface area (Å²) in [6, 6.07) is 0. The van der Waals surface area contributed by atoms with E-state index in [1.165, 1.54) is 16.9 Å². The molecule has 0 saturated heterocycles. The zero-order valence-electron chi connectivity index (χ0n) is 12.7. The van der Waals surface area contributed by atoms with E-state index in [1.54, 1.807) is 0 Å². The summed E-state index contributed by atoms with van der Waals surface area (Å²) in [6.45, 7) is 15.1. The van der Waals surface area contributed by atoms with Crippen molar-refractivity contribution in [2.45, 2.75) is 34.6 Å². The van der Waals surface area contributed by atoms with E-state index >= 15 is 0 Å². The van der Waals surface area contributed by atoms with Gasteiger partial charge in [0, 0.05) is 18.7 Å². The van der Waals surface area contributed by atoms with Gasteiger partial charge in [-0.3, -0.25) is 4.99 Å². The van der Waals surface area contributed by atoms with E-state index in [4.69, 9.17) is 0 Å². The molecule has 4 atom stereocenters. The maximum Gasteiger partial charge on any atom is 0.0276 e. The van der Waals surface area contributed by atoms with Crippen LogP contribution in [0.3, 0.4) is 0 Å². The number of aliphatic imine (C=N–C) groups is 1. The van der Waals surface area contributed by atoms with E-state index in [-0.39, 0.29) is 0 Å². The Labute approximate surface area is 112 Å². The van der Waals surface area contributed by atoms with E-state index in [2.05, 4.69) is 64.4 Å². The van der Waals surface area contributed by atoms with Gasteiger partial charge in [-0.1, -0.05) is 51.2 Å². The van der Waals surface area contributed by atoms with E-state index < -0.39 is 0 Å². The zero-order valence-corrected chi connectivity index (χ0v) is 12.7. The molecule has 0 aromatic rings. The number of allylic oxidation sites excluding steroid dienone is 5. The SMILES string of the molecule is C=C(C)C(C)C1C=CC(C(C)C(C)=NC)=CC1C. The van der Waals surface area contributed by atoms with Crippen molar-refractivity contribution in [2.24, 2.45) is 28.7 Å². The van der Waals surface area contributed by atoms with Gasteiger partial charge < -0.3 is 0 Å². The highest BCUT2D eigenvalue weighted by molar-refractivity contribution is 5.87. The van der Waals surface area contributed by atoms with Gasteiger partial charge >= 0.3 is 0 Å². The first-order valence-electron chi connectivity index (χ1n) is 6.87. The van der Waals surface area contributed by atoms with Crippen molar-refractivity contribution >= 4 is 5.71 Å². The first kappa shape index (κ1) is 14.9. The van der Waals surface area contributed by atoms with Crippen LogP contribution >= 0.6 is 0 Å². The van der Waals surface area contributed by atoms with Crippen LogP contribution in [-0.2, 0) is 0 Å². The van der Waals surface area contributed by atoms with Gasteiger partial charge in [-0.2, -0.15) is 0 Å². The number of nitrogens with zero attached hydrogens (tertiary/aromatic N) is 1. The standard InChI is InChI=1S/C17H27N/c1-11(2)13(4)17-9-8-16(10-12(17)3)14(5)15(6)18-7/h8-10,12-14,17H,1H2,2-7H3. The van der Waals surface area contributed by atoms with Crippen LogP contribution in [0.5, 0.6) is 0 Å². The molecule has 1 rings (SSSR count). The second-order valence-electron chi connectivity index (χ2n) is 5.68. The average Bonchev–Trinajstić information content (AvgIpc) is 2.35. The van der Waals surface area contributed by atoms with Crippen LogP contribution in [0, 0.1) is 23.7 Å². The van der Waals surface area contributed by atoms with Gasteiger partial charge in [-0.05, 0) is 37.2 Å². The van der Waals surface area contributed by atoms with Crippen LogP contribution in [-0.4, -0.2) is 12.8 Å². The highest BCUT2D eigenvalue weighted by atomic mass is 14.7. The molecule has 0 aliphatic heterocycles. The lowest BCUT2D eigenvalue weighted by molar-refractivity contribution is 0.395. The van der Waals surface area contributed by atoms with Crippen LogP contribution in [0.4, 0.5) is 0 Å². The molecule has 1 aliphatic carbocycles. The minimum Gasteiger partial charge on any atom is -0.297 e. The summed E-state index contributed by atoms with van der Waals surface area (Å²) in [6.07, 6.45) is 7.05. The highest BCUT2D eigenvalue weighted by Crippen LogP contribution is 2.34. The summed E-state index contributed by atoms with van der Waals surface area (Å²) in [5.41, 5.74) is 3.87. The largest absolute Gasteiger partial charge is 0.297 e. The van der Waals surface area contributed by atoms with Gasteiger partial charge in [-0.15, -0.1) is 0 Å². The van der Waals surface area contributed by atoms with Gasteiger partial charge in [0.1, 0.15) is 0 Å². The molecule has 0 aromatic heterocycles. The summed E-state index contributed by atoms with van der Waals surface area (Å²) in [4.78, 5) is 4.30. The van der Waals surface area contributed by atoms with E-state index in [0.29, 0.717) is 23.7 Å². The third-order valence-electron chi connectivity index (χ3n) is 4.41. The van der Waals surface area contributed by atoms with E-state index in [9.17, 15) is 0 Å². The number of hydrogen-bond donors (Lipinski definition) is 0. The second kappa shape index (κ2) is 6.17. The van der Waals surface area contributed by atoms with Crippen molar-refractivity contribution in [2.75, 3.05) is 7.05 Å². The van der Waals surface area contributed by atoms with Crippen molar-refractivity contribution < 1.29 is 0 Å². The van der Waals surface area contributed by atoms with Gasteiger partial charge in [-0.25, -0.2) is 0 Å². The third kappa shape index (κ3) is 3.22. The maximum absolute atomic E-state index is 4.30. The topological polar surface area (TPSA) is 12.4 Å². The Morgan fingerprint density at radius 1 is 1.33 bits per heavy atom. The predicted molar refractivity (Wildman–Crippen MR) is 82.1 cm³/mol. The maximum atomic E-state index is 4.30. The molecule has 0 bridgehead atoms. The van der Waals surface area contributed by atoms with Crippen molar-refractivity contribution in [3.05, 3.63) is 36.0 Å². The first-order chi connectivity index (χ1) is 8.38. The Balaban J connectivity index is 2.85. The third-order valence-corrected chi connectivity index (χ3v) is 4.41. The van der Waals surface area contributed by atoms with E-state index in [1.807, 2.05) is 7.05 Å². The Hall–Kier alpha value is -1.11. The molecule has 0 fully saturated rings. The molecule has 0 spiro atoms. The first-order valence-corrected chi connectivity index (χ1v) is 6.87. The molecule has 0 N–H and O–H groups in total. The fraction of sp³-hybridized carbons (Fsp3) is 0.588. The fourth-order valence-electron chi connectivity index (χ4n) is 2.54. The molecule has 0 amide bonds. The normalized spacial score (nSPS) is 27.7. The average molecular weight is 245 g/mol. The molecule has 0 saturated carbocycles. The summed E-state index contributed by atoms with van der Waals surface area (Å²) in [5.74, 6) is 2.13. The zero-order chi connectivity index (χ0) is 13.9. The molecule has 1 nitrogen and oxygen atoms in total. The Morgan fingerprint density at radius 3 is 2.39 bits per heavy atom. The molecule has 4 unspecified atom stereocenters. The predicted octanol–water partition coefficient (Wildman–Crippen LogP) is 4.67. The van der Waals surface area contributed by atoms with Crippen molar-refractivity contribution in [3.63, 3.8) is 0 Å². The highest BCUT2D eigenvalue weighted by Gasteiger charge is 2.24. The lowest BCUT2D eigenvalue weighted by Gasteiger charge is -2.30. The van der Waals surface area contributed by atoms with Gasteiger partial charge in [0.05, 0.1) is 0 Å². The van der Waals surface area contributed by atoms with Crippen LogP contribution in [0.15, 0.2) is 40.9 Å². The monoisotopic (exact) mass is 245 g/mol. The van der Waals surface area contributed by atoms with Gasteiger partial charge in [0.25, 0.3) is 0 Å². The molecule has 0 aromatic carbocycles. The van der Waals surface area contributed by atoms with Crippen molar-refractivity contribution in [1.29, 1.82) is 0 Å². The van der Waals surface area contributed by atoms with Gasteiger partial charge in [0.15, 0.2) is 0 Å². The second-order valence-corrected chi connectivity index (χ2v) is 5.68. The van der Waals surface area contributed by atoms with Crippen molar-refractivity contribution in [1.82, 2.24) is 0 Å². The van der Waals surface area contributed by atoms with Crippen LogP contribution in [0.1, 0.15) is 34.6 Å². The summed E-state index contributed by atoms with van der Waals surface area (Å²) in [5, 5.41) is 0. The molecule has 0 radical (unpaired) electrons. The Bertz CT molecular complexity index is 398. The minimum absolute atomic E-state index is 0.426. The lowest BCUT2D eigenvalue weighted by atomic mass is 9.75.